The molecule has 0 spiro atoms. The quantitative estimate of drug-likeness (QED) is 0.0302. The van der Waals surface area contributed by atoms with Gasteiger partial charge in [0.15, 0.2) is 0 Å². The molecule has 0 fully saturated rings. The van der Waals surface area contributed by atoms with Gasteiger partial charge in [-0.2, -0.15) is 0 Å². The first-order valence-electron chi connectivity index (χ1n) is 30.7. The van der Waals surface area contributed by atoms with Gasteiger partial charge in [0.2, 0.25) is 0 Å². The molecule has 7 N–H and O–H groups in total. The van der Waals surface area contributed by atoms with Gasteiger partial charge >= 0.3 is 0 Å². The fraction of sp³-hybridized carbons (Fsp3) is 1.00. The topological polar surface area (TPSA) is 243 Å². The summed E-state index contributed by atoms with van der Waals surface area (Å²) < 4.78 is 67.5. The van der Waals surface area contributed by atoms with Gasteiger partial charge in [0, 0.05) is 0 Å². The van der Waals surface area contributed by atoms with E-state index in [0.29, 0.717) is 44.9 Å². The Kier molecular flexibility index (Phi) is 39.7. The van der Waals surface area contributed by atoms with Crippen molar-refractivity contribution in [1.29, 1.82) is 0 Å². The maximum absolute atomic E-state index is 11.1. The van der Waals surface area contributed by atoms with Crippen molar-refractivity contribution in [1.82, 2.24) is 0 Å². The van der Waals surface area contributed by atoms with Gasteiger partial charge in [0.25, 0.3) is 0 Å². The van der Waals surface area contributed by atoms with Crippen LogP contribution in [0.1, 0.15) is 190 Å². The van der Waals surface area contributed by atoms with Crippen molar-refractivity contribution in [2.24, 2.45) is 37.9 Å². The maximum Gasteiger partial charge on any atom is 0.104 e. The molecule has 12 atom stereocenters. The minimum Gasteiger partial charge on any atom is -0.391 e. The first kappa shape index (κ1) is 81.3. The monoisotopic (exact) mass is 1190 g/mol. The fourth-order valence-electron chi connectivity index (χ4n) is 9.30. The van der Waals surface area contributed by atoms with Gasteiger partial charge in [0.1, 0.15) is 30.5 Å². The molecule has 494 valence electrons. The predicted octanol–water partition coefficient (Wildman–Crippen LogP) is 8.59. The van der Waals surface area contributed by atoms with Crippen LogP contribution in [0.4, 0.5) is 0 Å². The van der Waals surface area contributed by atoms with Crippen LogP contribution >= 0.6 is 0 Å². The van der Waals surface area contributed by atoms with Crippen molar-refractivity contribution in [2.45, 2.75) is 264 Å². The summed E-state index contributed by atoms with van der Waals surface area (Å²) in [5, 5.41) is 75.1. The van der Waals surface area contributed by atoms with Crippen LogP contribution < -0.4 is 0 Å². The highest BCUT2D eigenvalue weighted by molar-refractivity contribution is 4.77. The van der Waals surface area contributed by atoms with Crippen LogP contribution in [-0.2, 0) is 52.1 Å². The van der Waals surface area contributed by atoms with Crippen molar-refractivity contribution >= 4 is 0 Å². The summed E-state index contributed by atoms with van der Waals surface area (Å²) in [5.41, 5.74) is -0.664. The van der Waals surface area contributed by atoms with E-state index in [1.807, 2.05) is 41.5 Å². The molecule has 0 aromatic heterocycles. The number of hydrogen-bond donors (Lipinski definition) is 7. The van der Waals surface area contributed by atoms with E-state index in [1.54, 1.807) is 0 Å². The molecular weight excluding hydrogens is 1060 g/mol. The summed E-state index contributed by atoms with van der Waals surface area (Å²) in [6.45, 7) is 45.0. The Bertz CT molecular complexity index is 1540. The smallest absolute Gasteiger partial charge is 0.104 e. The number of aliphatic hydroxyl groups is 7. The van der Waals surface area contributed by atoms with Gasteiger partial charge in [0.05, 0.1) is 155 Å². The molecule has 18 heteroatoms. The molecule has 0 amide bonds. The Morgan fingerprint density at radius 3 is 0.598 bits per heavy atom. The summed E-state index contributed by atoms with van der Waals surface area (Å²) in [4.78, 5) is 0. The first-order valence-corrected chi connectivity index (χ1v) is 30.7. The van der Waals surface area contributed by atoms with Crippen LogP contribution in [0.25, 0.3) is 0 Å². The number of rotatable bonds is 46. The number of aliphatic hydroxyl groups excluding tert-OH is 7. The van der Waals surface area contributed by atoms with Crippen molar-refractivity contribution < 1.29 is 87.9 Å². The van der Waals surface area contributed by atoms with E-state index in [-0.39, 0.29) is 156 Å². The largest absolute Gasteiger partial charge is 0.391 e. The van der Waals surface area contributed by atoms with Crippen LogP contribution in [0.3, 0.4) is 0 Å². The molecule has 12 unspecified atom stereocenters. The number of hydrogen-bond acceptors (Lipinski definition) is 18. The highest BCUT2D eigenvalue weighted by Gasteiger charge is 2.28. The van der Waals surface area contributed by atoms with E-state index < -0.39 is 67.1 Å². The highest BCUT2D eigenvalue weighted by atomic mass is 16.6. The van der Waals surface area contributed by atoms with E-state index in [9.17, 15) is 35.7 Å². The van der Waals surface area contributed by atoms with E-state index in [2.05, 4.69) is 104 Å². The molecule has 18 nitrogen and oxygen atoms in total. The normalized spacial score (nSPS) is 18.1. The molecule has 0 aliphatic heterocycles. The number of ether oxygens (including phenoxy) is 11. The van der Waals surface area contributed by atoms with E-state index in [1.165, 1.54) is 0 Å². The lowest BCUT2D eigenvalue weighted by Gasteiger charge is -2.30. The van der Waals surface area contributed by atoms with Crippen LogP contribution in [0.2, 0.25) is 0 Å². The molecule has 0 aromatic rings. The lowest BCUT2D eigenvalue weighted by atomic mass is 9.88. The lowest BCUT2D eigenvalue weighted by molar-refractivity contribution is -0.136. The first-order chi connectivity index (χ1) is 37.4. The van der Waals surface area contributed by atoms with E-state index in [4.69, 9.17) is 52.1 Å². The van der Waals surface area contributed by atoms with Crippen molar-refractivity contribution in [3.63, 3.8) is 0 Å². The zero-order valence-electron chi connectivity index (χ0n) is 56.0. The average molecular weight is 1190 g/mol. The molecule has 82 heavy (non-hydrogen) atoms. The molecule has 0 bridgehead atoms. The lowest BCUT2D eigenvalue weighted by Crippen LogP contribution is -2.37. The fourth-order valence-corrected chi connectivity index (χ4v) is 9.30. The molecule has 0 heterocycles. The molecule has 0 rings (SSSR count). The zero-order chi connectivity index (χ0) is 63.2. The average Bonchev–Trinajstić information content (AvgIpc) is 3.25. The molecule has 0 aromatic carbocycles. The van der Waals surface area contributed by atoms with Gasteiger partial charge in [-0.15, -0.1) is 0 Å². The third-order valence-electron chi connectivity index (χ3n) is 12.2. The van der Waals surface area contributed by atoms with Gasteiger partial charge in [-0.3, -0.25) is 0 Å². The minimum atomic E-state index is -1.00. The molecule has 0 saturated heterocycles. The molecule has 0 saturated carbocycles. The second-order valence-corrected chi connectivity index (χ2v) is 31.9. The Morgan fingerprint density at radius 1 is 0.183 bits per heavy atom. The maximum atomic E-state index is 11.1. The van der Waals surface area contributed by atoms with Crippen molar-refractivity contribution in [3.05, 3.63) is 0 Å². The standard InChI is InChI=1S/C64H130O18/c1-58(2,3)22-46(65)29-72-32-51(70)37-81-55(39-73-30-47(66)23-59(4,5)6)41-75-33-52(71)36-79-53(27-63(16,17)18)38-76-43-57(82-45-54(28-64(19,20)21)78-34-49(68)25-61(10,11)12)44-77-42-56(80-35-50(69)26-62(13,14)15)40-74-31-48(67)24-60(7,8)9/h46-57,65-71H,22-45H2,1-21H3. The summed E-state index contributed by atoms with van der Waals surface area (Å²) in [7, 11) is 0. The Labute approximate surface area is 500 Å². The van der Waals surface area contributed by atoms with Crippen LogP contribution in [0.5, 0.6) is 0 Å². The molecule has 0 aliphatic carbocycles. The van der Waals surface area contributed by atoms with E-state index in [0.717, 1.165) is 0 Å². The highest BCUT2D eigenvalue weighted by Crippen LogP contribution is 2.28. The predicted molar refractivity (Wildman–Crippen MR) is 324 cm³/mol. The van der Waals surface area contributed by atoms with Gasteiger partial charge in [-0.1, -0.05) is 145 Å². The second kappa shape index (κ2) is 40.0. The van der Waals surface area contributed by atoms with Gasteiger partial charge in [-0.25, -0.2) is 0 Å². The van der Waals surface area contributed by atoms with E-state index >= 15 is 0 Å². The zero-order valence-corrected chi connectivity index (χ0v) is 56.0. The SMILES string of the molecule is CC(C)(C)CC(O)COCC(O)COC(COCC(O)COC(COCC(COCC(COCC(O)CC(C)(C)C)OCC(O)CC(C)(C)C)OCC(CC(C)(C)C)OCC(O)CC(C)(C)C)CC(C)(C)C)COCC(O)CC(C)(C)C. The minimum absolute atomic E-state index is 0.0288. The Morgan fingerprint density at radius 2 is 0.341 bits per heavy atom. The van der Waals surface area contributed by atoms with Crippen LogP contribution in [0, 0.1) is 37.9 Å². The van der Waals surface area contributed by atoms with Crippen LogP contribution in [-0.4, -0.2) is 221 Å². The van der Waals surface area contributed by atoms with Gasteiger partial charge in [-0.05, 0) is 82.9 Å². The molecular formula is C64H130O18. The second-order valence-electron chi connectivity index (χ2n) is 31.9. The Hall–Kier alpha value is -0.720. The summed E-state index contributed by atoms with van der Waals surface area (Å²) in [5.74, 6) is 0. The van der Waals surface area contributed by atoms with Gasteiger partial charge < -0.3 is 87.9 Å². The third kappa shape index (κ3) is 53.5. The van der Waals surface area contributed by atoms with Crippen LogP contribution in [0.15, 0.2) is 0 Å². The molecule has 0 radical (unpaired) electrons. The third-order valence-corrected chi connectivity index (χ3v) is 12.2. The van der Waals surface area contributed by atoms with Crippen molar-refractivity contribution in [3.8, 4) is 0 Å². The summed E-state index contributed by atoms with van der Waals surface area (Å²) in [6.07, 6.45) is -3.70. The summed E-state index contributed by atoms with van der Waals surface area (Å²) in [6, 6.07) is 0. The molecule has 0 aliphatic rings. The van der Waals surface area contributed by atoms with Crippen molar-refractivity contribution in [2.75, 3.05) is 112 Å². The Balaban J connectivity index is 6.16. The summed E-state index contributed by atoms with van der Waals surface area (Å²) >= 11 is 0.